The number of para-hydroxylation sites is 4. The molecule has 4 aromatic heterocycles. The fraction of sp³-hybridized carbons (Fsp3) is 0.383. The molecule has 4 heterocycles. The van der Waals surface area contributed by atoms with Crippen molar-refractivity contribution < 1.29 is 92.0 Å². The molecule has 4 fully saturated rings. The van der Waals surface area contributed by atoms with E-state index >= 15 is 0 Å². The molecule has 24 nitrogen and oxygen atoms in total. The number of unbranched alkanes of at least 4 members (excludes halogenated alkanes) is 8. The van der Waals surface area contributed by atoms with Gasteiger partial charge in [-0.1, -0.05) is 179 Å². The van der Waals surface area contributed by atoms with Crippen LogP contribution in [0.1, 0.15) is 275 Å². The molecule has 4 aliphatic rings. The van der Waals surface area contributed by atoms with E-state index in [1.165, 1.54) is 0 Å². The van der Waals surface area contributed by atoms with Crippen molar-refractivity contribution in [2.75, 3.05) is 26.4 Å². The van der Waals surface area contributed by atoms with Crippen LogP contribution < -0.4 is 18.9 Å². The summed E-state index contributed by atoms with van der Waals surface area (Å²) in [5.41, 5.74) is 10.8. The maximum atomic E-state index is 13.8. The zero-order valence-electron chi connectivity index (χ0n) is 83.5. The molecule has 0 saturated heterocycles. The number of nitrogens with zero attached hydrogens (tertiary/aromatic N) is 5. The molecule has 12 aromatic rings. The monoisotopic (exact) mass is 1920 g/mol. The van der Waals surface area contributed by atoms with Gasteiger partial charge in [-0.15, -0.1) is 11.3 Å². The van der Waals surface area contributed by atoms with Gasteiger partial charge in [-0.05, 0) is 248 Å². The van der Waals surface area contributed by atoms with E-state index in [0.717, 1.165) is 198 Å². The number of carbonyl (C=O) groups is 8. The number of carbonyl (C=O) groups excluding carboxylic acids is 4. The second-order valence-corrected chi connectivity index (χ2v) is 36.7. The van der Waals surface area contributed by atoms with Crippen molar-refractivity contribution in [2.45, 2.75) is 256 Å². The Labute approximate surface area is 830 Å². The van der Waals surface area contributed by atoms with Crippen LogP contribution in [0.5, 0.6) is 23.0 Å². The summed E-state index contributed by atoms with van der Waals surface area (Å²) in [5, 5.41) is 44.0. The van der Waals surface area contributed by atoms with E-state index < -0.39 is 50.0 Å². The lowest BCUT2D eigenvalue weighted by molar-refractivity contribution is -0.138. The average Bonchev–Trinajstić information content (AvgIpc) is 1.35. The fourth-order valence-electron chi connectivity index (χ4n) is 18.0. The molecule has 140 heavy (non-hydrogen) atoms. The van der Waals surface area contributed by atoms with Crippen LogP contribution in [0.4, 0.5) is 0 Å². The van der Waals surface area contributed by atoms with Gasteiger partial charge < -0.3 is 67.8 Å². The van der Waals surface area contributed by atoms with Crippen LogP contribution in [0.25, 0.3) is 44.0 Å². The van der Waals surface area contributed by atoms with E-state index in [2.05, 4.69) is 16.3 Å². The van der Waals surface area contributed by atoms with Gasteiger partial charge in [0.2, 0.25) is 0 Å². The summed E-state index contributed by atoms with van der Waals surface area (Å²) in [4.78, 5) is 106. The largest absolute Gasteiger partial charge is 0.493 e. The Bertz CT molecular complexity index is 5230. The van der Waals surface area contributed by atoms with Crippen LogP contribution in [0.3, 0.4) is 0 Å². The molecular formula is C115H132N6O18S. The van der Waals surface area contributed by atoms with Crippen molar-refractivity contribution in [3.05, 3.63) is 306 Å². The number of carboxylic acids is 4. The van der Waals surface area contributed by atoms with Gasteiger partial charge in [0, 0.05) is 148 Å². The van der Waals surface area contributed by atoms with Crippen LogP contribution in [0, 0.1) is 0 Å². The molecule has 4 atom stereocenters. The maximum absolute atomic E-state index is 13.8. The van der Waals surface area contributed by atoms with Gasteiger partial charge >= 0.3 is 23.9 Å². The molecule has 4 unspecified atom stereocenters. The Morgan fingerprint density at radius 1 is 0.336 bits per heavy atom. The van der Waals surface area contributed by atoms with Crippen molar-refractivity contribution in [3.63, 3.8) is 0 Å². The highest BCUT2D eigenvalue weighted by Crippen LogP contribution is 2.37. The second-order valence-electron chi connectivity index (χ2n) is 35.7. The molecule has 25 heteroatoms. The molecule has 0 spiro atoms. The third-order valence-corrected chi connectivity index (χ3v) is 26.5. The number of aromatic amines is 1. The summed E-state index contributed by atoms with van der Waals surface area (Å²) < 4.78 is 71.3. The number of hydrogen-bond donors (Lipinski definition) is 5. The molecule has 5 N–H and O–H groups in total. The van der Waals surface area contributed by atoms with Gasteiger partial charge in [-0.25, -0.2) is 0 Å². The number of H-pyrrole nitrogens is 1. The minimum Gasteiger partial charge on any atom is -0.493 e. The third kappa shape index (κ3) is 32.1. The molecule has 4 saturated carbocycles. The van der Waals surface area contributed by atoms with E-state index in [1.54, 1.807) is 68.1 Å². The van der Waals surface area contributed by atoms with Gasteiger partial charge in [0.15, 0.2) is 0 Å². The SMILES string of the molecule is [2H]C(c1ccccc1OCCCCCC(=O)O)N(C(=O)c1ccc(-c2ccco2)cc1)C1CCCC1.[2H]C(c1ccccc1OCCCCCC(=O)O)N(C(=O)c1ccc(-c2cccs2)cc1)C1CCCC1.[2H]C(c1ccccc1OCCCCCC(=O)O)N(C(=O)c1ccc(-c2ccoc2)cc1)C1CCCC1.[2H]C(c1ccccc1OCCCCCC(=O)O)N(C(=O)c1ccc(-c2cn[nH]c2)cc1)C1CCCC1. The Morgan fingerprint density at radius 2 is 0.650 bits per heavy atom. The first-order chi connectivity index (χ1) is 70.2. The quantitative estimate of drug-likeness (QED) is 0.0221. The van der Waals surface area contributed by atoms with Gasteiger partial charge in [-0.3, -0.25) is 43.5 Å². The van der Waals surface area contributed by atoms with E-state index in [4.69, 9.17) is 53.7 Å². The molecule has 4 aliphatic carbocycles. The van der Waals surface area contributed by atoms with Crippen molar-refractivity contribution in [3.8, 4) is 67.0 Å². The first-order valence-corrected chi connectivity index (χ1v) is 50.3. The van der Waals surface area contributed by atoms with Gasteiger partial charge in [0.1, 0.15) is 28.8 Å². The minimum atomic E-state index is -0.895. The topological polar surface area (TPSA) is 322 Å². The normalized spacial score (nSPS) is 14.9. The van der Waals surface area contributed by atoms with Crippen LogP contribution >= 0.6 is 11.3 Å². The zero-order chi connectivity index (χ0) is 101. The Morgan fingerprint density at radius 3 is 0.929 bits per heavy atom. The van der Waals surface area contributed by atoms with Gasteiger partial charge in [-0.2, -0.15) is 5.10 Å². The van der Waals surface area contributed by atoms with E-state index in [-0.39, 0.29) is 73.5 Å². The molecule has 0 bridgehead atoms. The van der Waals surface area contributed by atoms with Crippen molar-refractivity contribution in [2.24, 2.45) is 0 Å². The Balaban J connectivity index is 0.000000161. The molecule has 4 amide bonds. The summed E-state index contributed by atoms with van der Waals surface area (Å²) in [6.45, 7) is -1.78. The number of hydrogen-bond acceptors (Lipinski definition) is 16. The smallest absolute Gasteiger partial charge is 0.303 e. The number of furan rings is 2. The second kappa shape index (κ2) is 55.7. The highest BCUT2D eigenvalue weighted by Gasteiger charge is 2.34. The third-order valence-electron chi connectivity index (χ3n) is 25.6. The van der Waals surface area contributed by atoms with E-state index in [9.17, 15) is 38.4 Å². The number of aliphatic carboxylic acids is 4. The van der Waals surface area contributed by atoms with Crippen LogP contribution in [0.15, 0.2) is 270 Å². The predicted octanol–water partition coefficient (Wildman–Crippen LogP) is 25.8. The Kier molecular flexibility index (Phi) is 38.9. The van der Waals surface area contributed by atoms with Crippen molar-refractivity contribution in [1.82, 2.24) is 29.8 Å². The molecular weight excluding hydrogens is 1790 g/mol. The summed E-state index contributed by atoms with van der Waals surface area (Å²) in [6.07, 6.45) is 33.1. The molecule has 736 valence electrons. The standard InChI is InChI=1S/2C29H33NO5.C29H33NO4S.C28H33N3O4/c31-28(32)14-2-1-7-19-34-27-12-6-3-9-24(27)21-30(25-10-4-5-11-25)29(33)23-17-15-22(16-18-23)26-13-8-20-35-26;31-28(32)12-2-1-7-18-35-27-11-6-3-8-24(27)20-30(26-9-4-5-10-26)29(33)23-15-13-22(14-16-23)25-17-19-34-21-25;31-28(32)14-2-1-7-19-34-26-12-6-3-9-24(26)21-30(25-10-4-5-11-25)29(33)23-17-15-22(16-18-23)27-13-8-20-35-27;32-27(33)12-2-1-7-17-35-26-11-6-3-8-23(26)20-31(25-9-4-5-10-25)28(34)22-15-13-21(14-16-22)24-18-29-30-19-24/h3,6,8-9,12-13,15-18,20,25H,1-2,4-5,7,10-11,14,19,21H2,(H,31,32);3,6,8,11,13-17,19,21,26H,1-2,4-5,7,9-10,12,18,20H2,(H,31,32);3,6,8-9,12-13,15-18,20,25H,1-2,4-5,7,10-11,14,19,21H2,(H,31,32);3,6,8,11,13-16,18-19,25H,1-2,4-5,7,9-10,12,17,20H2,(H,29,30)(H,32,33)/i21D;20D;21D;20D. The number of carboxylic acid groups (broad SMARTS) is 4. The number of amides is 4. The summed E-state index contributed by atoms with van der Waals surface area (Å²) in [5.74, 6) is -0.566. The summed E-state index contributed by atoms with van der Waals surface area (Å²) in [7, 11) is 0. The summed E-state index contributed by atoms with van der Waals surface area (Å²) in [6, 6.07) is 69.4. The zero-order valence-corrected chi connectivity index (χ0v) is 80.4. The highest BCUT2D eigenvalue weighted by atomic mass is 32.1. The van der Waals surface area contributed by atoms with Crippen LogP contribution in [-0.4, -0.2) is 148 Å². The number of nitrogens with one attached hydrogen (secondary N) is 1. The van der Waals surface area contributed by atoms with Crippen molar-refractivity contribution >= 4 is 58.8 Å². The number of thiophene rings is 1. The predicted molar refractivity (Wildman–Crippen MR) is 543 cm³/mol. The molecule has 0 aliphatic heterocycles. The van der Waals surface area contributed by atoms with Crippen molar-refractivity contribution in [1.29, 1.82) is 0 Å². The molecule has 16 rings (SSSR count). The van der Waals surface area contributed by atoms with Gasteiger partial charge in [0.25, 0.3) is 23.6 Å². The average molecular weight is 1920 g/mol. The van der Waals surface area contributed by atoms with Crippen LogP contribution in [0.2, 0.25) is 0 Å². The fourth-order valence-corrected chi connectivity index (χ4v) is 18.7. The molecule has 0 radical (unpaired) electrons. The highest BCUT2D eigenvalue weighted by molar-refractivity contribution is 7.13. The van der Waals surface area contributed by atoms with E-state index in [0.29, 0.717) is 120 Å². The Hall–Kier alpha value is -13.8. The molecule has 8 aromatic carbocycles. The first-order valence-electron chi connectivity index (χ1n) is 51.7. The number of rotatable bonds is 48. The number of benzene rings is 8. The minimum absolute atomic E-state index is 0.00817. The maximum Gasteiger partial charge on any atom is 0.303 e. The van der Waals surface area contributed by atoms with Crippen LogP contribution in [-0.2, 0) is 45.3 Å². The first kappa shape index (κ1) is 97.8. The van der Waals surface area contributed by atoms with Gasteiger partial charge in [0.05, 0.1) is 56.9 Å². The lowest BCUT2D eigenvalue weighted by Crippen LogP contribution is -2.38. The van der Waals surface area contributed by atoms with E-state index in [1.807, 2.05) is 218 Å². The lowest BCUT2D eigenvalue weighted by Gasteiger charge is -2.30. The lowest BCUT2D eigenvalue weighted by atomic mass is 10.0. The number of aromatic nitrogens is 2. The summed E-state index contributed by atoms with van der Waals surface area (Å²) >= 11 is 1.67. The number of ether oxygens (including phenoxy) is 4.